The molecule has 0 saturated heterocycles. The zero-order valence-corrected chi connectivity index (χ0v) is 15.1. The Balaban J connectivity index is 1.83. The monoisotopic (exact) mass is 352 g/mol. The highest BCUT2D eigenvalue weighted by Crippen LogP contribution is 2.19. The van der Waals surface area contributed by atoms with Crippen LogP contribution in [-0.4, -0.2) is 20.7 Å². The lowest BCUT2D eigenvalue weighted by Crippen LogP contribution is -2.20. The lowest BCUT2D eigenvalue weighted by molar-refractivity contribution is -0.116. The minimum atomic E-state index is -0.133. The molecular formula is C19H20N4OS. The van der Waals surface area contributed by atoms with Crippen LogP contribution in [0.5, 0.6) is 0 Å². The number of nitrogens with zero attached hydrogens (tertiary/aromatic N) is 2. The van der Waals surface area contributed by atoms with E-state index in [1.165, 1.54) is 5.56 Å². The number of amides is 1. The van der Waals surface area contributed by atoms with Crippen LogP contribution in [0, 0.1) is 11.7 Å². The molecule has 2 aromatic carbocycles. The van der Waals surface area contributed by atoms with Gasteiger partial charge in [0.05, 0.1) is 0 Å². The summed E-state index contributed by atoms with van der Waals surface area (Å²) in [6.45, 7) is 4.20. The Morgan fingerprint density at radius 3 is 2.64 bits per heavy atom. The summed E-state index contributed by atoms with van der Waals surface area (Å²) in [6.07, 6.45) is 0.857. The van der Waals surface area contributed by atoms with Crippen molar-refractivity contribution in [3.63, 3.8) is 0 Å². The van der Waals surface area contributed by atoms with E-state index in [0.717, 1.165) is 23.2 Å². The van der Waals surface area contributed by atoms with E-state index in [-0.39, 0.29) is 12.5 Å². The van der Waals surface area contributed by atoms with Gasteiger partial charge in [0.1, 0.15) is 6.54 Å². The Labute approximate surface area is 151 Å². The largest absolute Gasteiger partial charge is 0.324 e. The second-order valence-corrected chi connectivity index (χ2v) is 6.25. The van der Waals surface area contributed by atoms with Crippen LogP contribution in [0.15, 0.2) is 48.5 Å². The quantitative estimate of drug-likeness (QED) is 0.679. The molecule has 0 fully saturated rings. The highest BCUT2D eigenvalue weighted by molar-refractivity contribution is 7.71. The number of rotatable bonds is 5. The molecule has 0 bridgehead atoms. The van der Waals surface area contributed by atoms with Gasteiger partial charge in [-0.05, 0) is 37.2 Å². The van der Waals surface area contributed by atoms with Crippen molar-refractivity contribution in [2.45, 2.75) is 26.8 Å². The molecule has 6 heteroatoms. The molecule has 0 aliphatic heterocycles. The highest BCUT2D eigenvalue weighted by atomic mass is 32.1. The van der Waals surface area contributed by atoms with Crippen LogP contribution in [0.1, 0.15) is 18.1 Å². The fourth-order valence-electron chi connectivity index (χ4n) is 2.67. The van der Waals surface area contributed by atoms with Gasteiger partial charge in [0.15, 0.2) is 10.6 Å². The molecule has 0 radical (unpaired) electrons. The lowest BCUT2D eigenvalue weighted by Gasteiger charge is -2.11. The third-order valence-electron chi connectivity index (χ3n) is 4.04. The van der Waals surface area contributed by atoms with Crippen molar-refractivity contribution in [1.29, 1.82) is 0 Å². The first kappa shape index (κ1) is 17.1. The Morgan fingerprint density at radius 2 is 1.92 bits per heavy atom. The normalized spacial score (nSPS) is 10.6. The highest BCUT2D eigenvalue weighted by Gasteiger charge is 2.13. The van der Waals surface area contributed by atoms with Crippen molar-refractivity contribution in [3.05, 3.63) is 64.4 Å². The zero-order valence-electron chi connectivity index (χ0n) is 14.2. The van der Waals surface area contributed by atoms with Crippen molar-refractivity contribution >= 4 is 23.8 Å². The van der Waals surface area contributed by atoms with Gasteiger partial charge < -0.3 is 5.32 Å². The summed E-state index contributed by atoms with van der Waals surface area (Å²) < 4.78 is 2.14. The minimum Gasteiger partial charge on any atom is -0.324 e. The Kier molecular flexibility index (Phi) is 5.09. The van der Waals surface area contributed by atoms with Gasteiger partial charge in [0.2, 0.25) is 5.91 Å². The van der Waals surface area contributed by atoms with Gasteiger partial charge in [-0.1, -0.05) is 55.0 Å². The topological polar surface area (TPSA) is 62.7 Å². The van der Waals surface area contributed by atoms with Crippen molar-refractivity contribution in [2.24, 2.45) is 0 Å². The number of carbonyl (C=O) groups excluding carboxylic acids is 1. The van der Waals surface area contributed by atoms with E-state index < -0.39 is 0 Å². The van der Waals surface area contributed by atoms with E-state index in [4.69, 9.17) is 12.2 Å². The molecule has 1 aromatic heterocycles. The number of benzene rings is 2. The molecule has 5 nitrogen and oxygen atoms in total. The Bertz CT molecular complexity index is 941. The molecule has 0 spiro atoms. The molecule has 3 rings (SSSR count). The van der Waals surface area contributed by atoms with E-state index >= 15 is 0 Å². The van der Waals surface area contributed by atoms with Crippen molar-refractivity contribution in [2.75, 3.05) is 5.32 Å². The lowest BCUT2D eigenvalue weighted by atomic mass is 10.1. The van der Waals surface area contributed by atoms with Gasteiger partial charge in [-0.15, -0.1) is 0 Å². The summed E-state index contributed by atoms with van der Waals surface area (Å²) in [5.41, 5.74) is 4.02. The zero-order chi connectivity index (χ0) is 17.8. The number of hydrogen-bond donors (Lipinski definition) is 2. The van der Waals surface area contributed by atoms with Crippen molar-refractivity contribution in [1.82, 2.24) is 14.8 Å². The van der Waals surface area contributed by atoms with Gasteiger partial charge in [-0.2, -0.15) is 5.10 Å². The molecule has 0 aliphatic rings. The maximum absolute atomic E-state index is 12.5. The SMILES string of the molecule is CCc1ccccc1NC(=O)Cn1c(-c2ccc(C)cc2)n[nH]c1=S. The molecule has 1 amide bonds. The van der Waals surface area contributed by atoms with Crippen LogP contribution in [-0.2, 0) is 17.8 Å². The summed E-state index contributed by atoms with van der Waals surface area (Å²) in [5.74, 6) is 0.524. The standard InChI is InChI=1S/C19H20N4OS/c1-3-14-6-4-5-7-16(14)20-17(24)12-23-18(21-22-19(23)25)15-10-8-13(2)9-11-15/h4-11H,3,12H2,1-2H3,(H,20,24)(H,22,25). The number of aromatic nitrogens is 3. The van der Waals surface area contributed by atoms with Crippen LogP contribution >= 0.6 is 12.2 Å². The van der Waals surface area contributed by atoms with Crippen molar-refractivity contribution < 1.29 is 4.79 Å². The van der Waals surface area contributed by atoms with Crippen LogP contribution < -0.4 is 5.32 Å². The molecule has 0 unspecified atom stereocenters. The summed E-state index contributed by atoms with van der Waals surface area (Å²) in [7, 11) is 0. The third-order valence-corrected chi connectivity index (χ3v) is 4.35. The average Bonchev–Trinajstić information content (AvgIpc) is 2.97. The number of aryl methyl sites for hydroxylation is 2. The number of hydrogen-bond acceptors (Lipinski definition) is 3. The van der Waals surface area contributed by atoms with Crippen LogP contribution in [0.3, 0.4) is 0 Å². The number of para-hydroxylation sites is 1. The molecular weight excluding hydrogens is 332 g/mol. The summed E-state index contributed by atoms with van der Waals surface area (Å²) in [4.78, 5) is 12.5. The van der Waals surface area contributed by atoms with Gasteiger partial charge in [-0.25, -0.2) is 0 Å². The summed E-state index contributed by atoms with van der Waals surface area (Å²) >= 11 is 5.30. The summed E-state index contributed by atoms with van der Waals surface area (Å²) in [5, 5.41) is 10.0. The Hall–Kier alpha value is -2.73. The van der Waals surface area contributed by atoms with Crippen LogP contribution in [0.4, 0.5) is 5.69 Å². The van der Waals surface area contributed by atoms with Gasteiger partial charge in [0.25, 0.3) is 0 Å². The number of carbonyl (C=O) groups is 1. The first-order valence-corrected chi connectivity index (χ1v) is 8.59. The molecule has 128 valence electrons. The first-order valence-electron chi connectivity index (χ1n) is 8.18. The van der Waals surface area contributed by atoms with E-state index in [0.29, 0.717) is 10.6 Å². The van der Waals surface area contributed by atoms with Crippen LogP contribution in [0.2, 0.25) is 0 Å². The van der Waals surface area contributed by atoms with E-state index in [1.807, 2.05) is 55.5 Å². The maximum Gasteiger partial charge on any atom is 0.244 e. The average molecular weight is 352 g/mol. The Morgan fingerprint density at radius 1 is 1.20 bits per heavy atom. The van der Waals surface area contributed by atoms with Gasteiger partial charge in [0, 0.05) is 11.3 Å². The molecule has 25 heavy (non-hydrogen) atoms. The second kappa shape index (κ2) is 7.44. The minimum absolute atomic E-state index is 0.108. The number of H-pyrrole nitrogens is 1. The van der Waals surface area contributed by atoms with E-state index in [1.54, 1.807) is 4.57 Å². The number of anilines is 1. The predicted octanol–water partition coefficient (Wildman–Crippen LogP) is 4.12. The van der Waals surface area contributed by atoms with Crippen molar-refractivity contribution in [3.8, 4) is 11.4 Å². The maximum atomic E-state index is 12.5. The second-order valence-electron chi connectivity index (χ2n) is 5.86. The van der Waals surface area contributed by atoms with E-state index in [9.17, 15) is 4.79 Å². The predicted molar refractivity (Wildman–Crippen MR) is 102 cm³/mol. The summed E-state index contributed by atoms with van der Waals surface area (Å²) in [6, 6.07) is 15.8. The molecule has 3 aromatic rings. The van der Waals surface area contributed by atoms with Crippen LogP contribution in [0.25, 0.3) is 11.4 Å². The van der Waals surface area contributed by atoms with Gasteiger partial charge >= 0.3 is 0 Å². The number of nitrogens with one attached hydrogen (secondary N) is 2. The molecule has 1 heterocycles. The molecule has 0 saturated carbocycles. The molecule has 0 aliphatic carbocycles. The number of aromatic amines is 1. The first-order chi connectivity index (χ1) is 12.1. The third kappa shape index (κ3) is 3.85. The smallest absolute Gasteiger partial charge is 0.244 e. The fourth-order valence-corrected chi connectivity index (χ4v) is 2.87. The molecule has 2 N–H and O–H groups in total. The fraction of sp³-hybridized carbons (Fsp3) is 0.211. The molecule has 0 atom stereocenters. The van der Waals surface area contributed by atoms with Gasteiger partial charge in [-0.3, -0.25) is 14.5 Å². The van der Waals surface area contributed by atoms with E-state index in [2.05, 4.69) is 22.4 Å².